The molecule has 1 saturated heterocycles. The van der Waals surface area contributed by atoms with E-state index < -0.39 is 0 Å². The average molecular weight is 575 g/mol. The maximum atomic E-state index is 5.68. The molecule has 0 amide bonds. The second-order valence-electron chi connectivity index (χ2n) is 9.29. The van der Waals surface area contributed by atoms with Gasteiger partial charge >= 0.3 is 0 Å². The number of benzene rings is 2. The standard InChI is InChI=1S/C33H36NO2S3/c1-3-7-28(8-4-1)32-25-30(26-33(39-32)29-9-5-2-6-10-29)27-11-13-31(14-12-27)34-15-21-37-23-19-35-17-18-36-20-24-38-22-16-34/h1-14,25-26H,15-24H2/q+1. The molecule has 6 heteroatoms. The first-order valence-electron chi connectivity index (χ1n) is 13.6. The van der Waals surface area contributed by atoms with Crippen molar-refractivity contribution in [2.24, 2.45) is 0 Å². The molecule has 0 spiro atoms. The summed E-state index contributed by atoms with van der Waals surface area (Å²) in [5, 5.41) is 0. The topological polar surface area (TPSA) is 21.5 Å². The van der Waals surface area contributed by atoms with Crippen LogP contribution in [0.1, 0.15) is 11.1 Å². The third-order valence-corrected chi connectivity index (χ3v) is 9.60. The third-order valence-electron chi connectivity index (χ3n) is 6.60. The predicted molar refractivity (Wildman–Crippen MR) is 173 cm³/mol. The Balaban J connectivity index is 1.39. The highest BCUT2D eigenvalue weighted by Crippen LogP contribution is 2.44. The Bertz CT molecular complexity index is 1180. The predicted octanol–water partition coefficient (Wildman–Crippen LogP) is 7.20. The Morgan fingerprint density at radius 3 is 1.56 bits per heavy atom. The Morgan fingerprint density at radius 2 is 1.05 bits per heavy atom. The molecular weight excluding hydrogens is 539 g/mol. The molecule has 0 atom stereocenters. The number of thioether (sulfide) groups is 3. The summed E-state index contributed by atoms with van der Waals surface area (Å²) in [6, 6.07) is 21.4. The zero-order valence-corrected chi connectivity index (χ0v) is 24.7. The molecular formula is C33H36NO2S3+. The third kappa shape index (κ3) is 8.63. The maximum absolute atomic E-state index is 5.68. The Hall–Kier alpha value is -2.22. The van der Waals surface area contributed by atoms with Crippen LogP contribution < -0.4 is 0 Å². The molecule has 5 rings (SSSR count). The van der Waals surface area contributed by atoms with Crippen molar-refractivity contribution in [3.8, 4) is 0 Å². The van der Waals surface area contributed by atoms with Crippen molar-refractivity contribution in [1.29, 1.82) is 0 Å². The molecule has 1 aliphatic carbocycles. The molecule has 202 valence electrons. The normalized spacial score (nSPS) is 20.2. The molecule has 0 N–H and O–H groups in total. The van der Waals surface area contributed by atoms with Crippen LogP contribution in [0.3, 0.4) is 0 Å². The lowest BCUT2D eigenvalue weighted by atomic mass is 9.99. The first-order chi connectivity index (χ1) is 19.4. The number of hydrogen-bond donors (Lipinski definition) is 0. The summed E-state index contributed by atoms with van der Waals surface area (Å²) in [5.41, 5.74) is 6.30. The van der Waals surface area contributed by atoms with Crippen LogP contribution in [0.25, 0.3) is 9.81 Å². The van der Waals surface area contributed by atoms with Gasteiger partial charge in [-0.05, 0) is 46.6 Å². The minimum atomic E-state index is 0.700. The van der Waals surface area contributed by atoms with Crippen LogP contribution in [0.2, 0.25) is 0 Å². The molecule has 0 aromatic heterocycles. The molecule has 2 aromatic rings. The van der Waals surface area contributed by atoms with Crippen molar-refractivity contribution in [3.63, 3.8) is 0 Å². The summed E-state index contributed by atoms with van der Waals surface area (Å²) in [6.45, 7) is 5.09. The monoisotopic (exact) mass is 574 g/mol. The van der Waals surface area contributed by atoms with Gasteiger partial charge in [0.25, 0.3) is 0 Å². The fourth-order valence-corrected chi connectivity index (χ4v) is 7.20. The van der Waals surface area contributed by atoms with Crippen molar-refractivity contribution in [2.75, 3.05) is 62.5 Å². The van der Waals surface area contributed by atoms with Gasteiger partial charge in [0.1, 0.15) is 0 Å². The van der Waals surface area contributed by atoms with Gasteiger partial charge in [-0.15, -0.1) is 0 Å². The van der Waals surface area contributed by atoms with Gasteiger partial charge in [0.15, 0.2) is 18.8 Å². The maximum Gasteiger partial charge on any atom is 0.199 e. The van der Waals surface area contributed by atoms with E-state index >= 15 is 0 Å². The smallest absolute Gasteiger partial charge is 0.199 e. The summed E-state index contributed by atoms with van der Waals surface area (Å²) in [7, 11) is 0. The molecule has 1 fully saturated rings. The van der Waals surface area contributed by atoms with Crippen molar-refractivity contribution in [2.45, 2.75) is 0 Å². The van der Waals surface area contributed by atoms with E-state index in [1.807, 2.05) is 35.3 Å². The van der Waals surface area contributed by atoms with Crippen LogP contribution in [0.15, 0.2) is 108 Å². The van der Waals surface area contributed by atoms with E-state index in [2.05, 4.69) is 102 Å². The molecule has 0 unspecified atom stereocenters. The van der Waals surface area contributed by atoms with Gasteiger partial charge in [0.05, 0.1) is 37.9 Å². The number of allylic oxidation sites excluding steroid dienone is 8. The number of nitrogens with zero attached hydrogens (tertiary/aromatic N) is 1. The van der Waals surface area contributed by atoms with Crippen molar-refractivity contribution in [3.05, 3.63) is 119 Å². The highest BCUT2D eigenvalue weighted by atomic mass is 32.2. The lowest BCUT2D eigenvalue weighted by Gasteiger charge is -2.19. The lowest BCUT2D eigenvalue weighted by Crippen LogP contribution is -2.25. The molecule has 2 aromatic carbocycles. The molecule has 2 heterocycles. The van der Waals surface area contributed by atoms with Crippen molar-refractivity contribution in [1.82, 2.24) is 0 Å². The van der Waals surface area contributed by atoms with Crippen LogP contribution >= 0.6 is 35.3 Å². The highest BCUT2D eigenvalue weighted by Gasteiger charge is 2.18. The van der Waals surface area contributed by atoms with Gasteiger partial charge in [-0.3, -0.25) is 0 Å². The summed E-state index contributed by atoms with van der Waals surface area (Å²) in [4.78, 5) is 2.56. The second kappa shape index (κ2) is 15.5. The molecule has 0 radical (unpaired) electrons. The van der Waals surface area contributed by atoms with Crippen molar-refractivity contribution >= 4 is 50.8 Å². The zero-order chi connectivity index (χ0) is 26.5. The first kappa shape index (κ1) is 28.3. The van der Waals surface area contributed by atoms with Crippen LogP contribution in [-0.4, -0.2) is 72.8 Å². The summed E-state index contributed by atoms with van der Waals surface area (Å²) in [6.07, 6.45) is 13.8. The second-order valence-corrected chi connectivity index (χ2v) is 12.8. The van der Waals surface area contributed by atoms with E-state index in [-0.39, 0.29) is 0 Å². The Kier molecular flexibility index (Phi) is 11.3. The van der Waals surface area contributed by atoms with E-state index in [0.717, 1.165) is 49.3 Å². The van der Waals surface area contributed by atoms with E-state index in [9.17, 15) is 0 Å². The SMILES string of the molecule is C1=CC(=[N+]2CCSCCOCCOCCSCC2)C=CC1=C1C=C(c2ccccc2)SC(c2ccccc2)=C1. The van der Waals surface area contributed by atoms with Gasteiger partial charge in [0.2, 0.25) is 0 Å². The molecule has 0 bridgehead atoms. The lowest BCUT2D eigenvalue weighted by molar-refractivity contribution is -0.516. The molecule has 3 nitrogen and oxygen atoms in total. The van der Waals surface area contributed by atoms with Crippen LogP contribution in [0, 0.1) is 0 Å². The Morgan fingerprint density at radius 1 is 0.538 bits per heavy atom. The average Bonchev–Trinajstić information content (AvgIpc) is 3.02. The number of hydrogen-bond acceptors (Lipinski definition) is 5. The van der Waals surface area contributed by atoms with E-state index in [4.69, 9.17) is 9.47 Å². The van der Waals surface area contributed by atoms with Gasteiger partial charge < -0.3 is 9.47 Å². The largest absolute Gasteiger partial charge is 0.378 e. The Labute approximate surface area is 245 Å². The number of ether oxygens (including phenoxy) is 2. The van der Waals surface area contributed by atoms with Crippen molar-refractivity contribution < 1.29 is 14.0 Å². The van der Waals surface area contributed by atoms with E-state index in [1.54, 1.807) is 0 Å². The number of rotatable bonds is 2. The van der Waals surface area contributed by atoms with Gasteiger partial charge in [-0.25, -0.2) is 4.58 Å². The molecule has 3 aliphatic rings. The van der Waals surface area contributed by atoms with Gasteiger partial charge in [-0.1, -0.05) is 72.4 Å². The fraction of sp³-hybridized carbons (Fsp3) is 0.303. The van der Waals surface area contributed by atoms with Gasteiger partial charge in [0, 0.05) is 33.5 Å². The minimum Gasteiger partial charge on any atom is -0.378 e. The summed E-state index contributed by atoms with van der Waals surface area (Å²) in [5.74, 6) is 4.27. The van der Waals surface area contributed by atoms with Crippen LogP contribution in [-0.2, 0) is 9.47 Å². The van der Waals surface area contributed by atoms with Crippen LogP contribution in [0.4, 0.5) is 0 Å². The quantitative estimate of drug-likeness (QED) is 0.353. The zero-order valence-electron chi connectivity index (χ0n) is 22.3. The molecule has 2 aliphatic heterocycles. The van der Waals surface area contributed by atoms with Crippen LogP contribution in [0.5, 0.6) is 0 Å². The summed E-state index contributed by atoms with van der Waals surface area (Å²) < 4.78 is 13.9. The molecule has 0 saturated carbocycles. The highest BCUT2D eigenvalue weighted by molar-refractivity contribution is 8.16. The van der Waals surface area contributed by atoms with Gasteiger partial charge in [-0.2, -0.15) is 23.5 Å². The molecule has 39 heavy (non-hydrogen) atoms. The summed E-state index contributed by atoms with van der Waals surface area (Å²) >= 11 is 5.79. The first-order valence-corrected chi connectivity index (χ1v) is 16.7. The minimum absolute atomic E-state index is 0.700. The fourth-order valence-electron chi connectivity index (χ4n) is 4.50. The van der Waals surface area contributed by atoms with E-state index in [1.165, 1.54) is 37.8 Å². The van der Waals surface area contributed by atoms with E-state index in [0.29, 0.717) is 13.2 Å².